The molecule has 3 rings (SSSR count). The second kappa shape index (κ2) is 52.5. The fourth-order valence-electron chi connectivity index (χ4n) is 2.36. The molecule has 200 valence electrons. The number of aliphatic hydroxyl groups excluding tert-OH is 5. The summed E-state index contributed by atoms with van der Waals surface area (Å²) in [7, 11) is 1.00. The zero-order valence-corrected chi connectivity index (χ0v) is 22.7. The van der Waals surface area contributed by atoms with Gasteiger partial charge in [0, 0.05) is 26.9 Å². The lowest BCUT2D eigenvalue weighted by Crippen LogP contribution is -1.93. The quantitative estimate of drug-likeness (QED) is 0.303. The van der Waals surface area contributed by atoms with Gasteiger partial charge in [-0.25, -0.2) is 0 Å². The molecule has 1 unspecified atom stereocenters. The van der Waals surface area contributed by atoms with Gasteiger partial charge in [-0.1, -0.05) is 90.2 Å². The van der Waals surface area contributed by atoms with Crippen molar-refractivity contribution in [1.29, 1.82) is 0 Å². The lowest BCUT2D eigenvalue weighted by atomic mass is 10.3. The van der Waals surface area contributed by atoms with E-state index in [2.05, 4.69) is 12.2 Å². The second-order valence-corrected chi connectivity index (χ2v) is 7.55. The molecule has 0 aromatic carbocycles. The average Bonchev–Trinajstić information content (AvgIpc) is 3.63. The summed E-state index contributed by atoms with van der Waals surface area (Å²) in [6.45, 7) is 9.84. The van der Waals surface area contributed by atoms with E-state index in [1.165, 1.54) is 83.5 Å². The first-order chi connectivity index (χ1) is 15.5. The minimum absolute atomic E-state index is 0.116. The highest BCUT2D eigenvalue weighted by atomic mass is 16.3. The molecule has 3 aliphatic rings. The molecule has 0 amide bonds. The van der Waals surface area contributed by atoms with E-state index in [4.69, 9.17) is 25.5 Å². The summed E-state index contributed by atoms with van der Waals surface area (Å²) in [5.74, 6) is 0. The summed E-state index contributed by atoms with van der Waals surface area (Å²) in [6, 6.07) is 0. The monoisotopic (exact) mass is 466 g/mol. The molecule has 5 nitrogen and oxygen atoms in total. The maximum absolute atomic E-state index is 8.36. The number of aliphatic hydroxyl groups is 5. The van der Waals surface area contributed by atoms with Crippen LogP contribution in [-0.4, -0.2) is 58.6 Å². The number of rotatable bonds is 2. The highest BCUT2D eigenvalue weighted by Gasteiger charge is 1.95. The van der Waals surface area contributed by atoms with Gasteiger partial charge in [0.15, 0.2) is 0 Å². The highest BCUT2D eigenvalue weighted by molar-refractivity contribution is 4.88. The van der Waals surface area contributed by atoms with Crippen LogP contribution in [0.25, 0.3) is 0 Å². The summed E-state index contributed by atoms with van der Waals surface area (Å²) in [4.78, 5) is 0. The molecule has 2 fully saturated rings. The van der Waals surface area contributed by atoms with Crippen molar-refractivity contribution in [1.82, 2.24) is 0 Å². The Hall–Kier alpha value is -0.460. The van der Waals surface area contributed by atoms with Crippen molar-refractivity contribution in [3.8, 4) is 0 Å². The molecule has 5 heteroatoms. The van der Waals surface area contributed by atoms with Gasteiger partial charge in [-0.2, -0.15) is 0 Å². The summed E-state index contributed by atoms with van der Waals surface area (Å²) in [5.41, 5.74) is 0. The fraction of sp³-hybridized carbons (Fsp3) is 0.926. The number of hydrogen-bond donors (Lipinski definition) is 5. The molecule has 0 aromatic heterocycles. The first kappa shape index (κ1) is 41.8. The minimum atomic E-state index is -0.116. The third-order valence-corrected chi connectivity index (χ3v) is 4.22. The van der Waals surface area contributed by atoms with Gasteiger partial charge in [-0.15, -0.1) is 0 Å². The van der Waals surface area contributed by atoms with E-state index in [9.17, 15) is 0 Å². The molecule has 0 aromatic rings. The van der Waals surface area contributed by atoms with Crippen LogP contribution in [0, 0.1) is 0 Å². The SMILES string of the molecule is C1=CCCC1.C1CCCC1.C1CCCC1.CCC(C)O.CCCO.CCO.CCO.CO. The van der Waals surface area contributed by atoms with E-state index in [1.807, 2.05) is 13.8 Å². The molecule has 3 aliphatic carbocycles. The molecule has 0 bridgehead atoms. The molecular weight excluding hydrogens is 404 g/mol. The van der Waals surface area contributed by atoms with Gasteiger partial charge in [0.2, 0.25) is 0 Å². The third-order valence-electron chi connectivity index (χ3n) is 4.22. The molecule has 0 heterocycles. The van der Waals surface area contributed by atoms with Crippen molar-refractivity contribution in [3.05, 3.63) is 12.2 Å². The predicted molar refractivity (Wildman–Crippen MR) is 142 cm³/mol. The average molecular weight is 467 g/mol. The first-order valence-electron chi connectivity index (χ1n) is 13.1. The Balaban J connectivity index is -0.0000000884. The van der Waals surface area contributed by atoms with E-state index in [0.717, 1.165) is 20.0 Å². The molecule has 5 N–H and O–H groups in total. The largest absolute Gasteiger partial charge is 0.400 e. The van der Waals surface area contributed by atoms with Crippen molar-refractivity contribution in [2.24, 2.45) is 0 Å². The van der Waals surface area contributed by atoms with E-state index in [0.29, 0.717) is 6.61 Å². The molecular formula is C27H62O5. The lowest BCUT2D eigenvalue weighted by Gasteiger charge is -1.90. The van der Waals surface area contributed by atoms with Crippen LogP contribution in [-0.2, 0) is 0 Å². The van der Waals surface area contributed by atoms with Gasteiger partial charge in [0.05, 0.1) is 6.10 Å². The van der Waals surface area contributed by atoms with Crippen LogP contribution in [0.4, 0.5) is 0 Å². The molecule has 0 saturated heterocycles. The molecule has 32 heavy (non-hydrogen) atoms. The van der Waals surface area contributed by atoms with Crippen LogP contribution in [0.2, 0.25) is 0 Å². The maximum Gasteiger partial charge on any atom is 0.0509 e. The first-order valence-corrected chi connectivity index (χ1v) is 13.1. The van der Waals surface area contributed by atoms with Gasteiger partial charge in [0.25, 0.3) is 0 Å². The third kappa shape index (κ3) is 78.2. The zero-order chi connectivity index (χ0) is 25.7. The Kier molecular flexibility index (Phi) is 68.5. The van der Waals surface area contributed by atoms with Gasteiger partial charge in [0.1, 0.15) is 0 Å². The van der Waals surface area contributed by atoms with Crippen LogP contribution in [0.15, 0.2) is 12.2 Å². The van der Waals surface area contributed by atoms with Gasteiger partial charge in [-0.3, -0.25) is 0 Å². The number of hydrogen-bond acceptors (Lipinski definition) is 5. The smallest absolute Gasteiger partial charge is 0.0509 e. The van der Waals surface area contributed by atoms with Crippen molar-refractivity contribution in [3.63, 3.8) is 0 Å². The van der Waals surface area contributed by atoms with Crippen molar-refractivity contribution >= 4 is 0 Å². The predicted octanol–water partition coefficient (Wildman–Crippen LogP) is 6.40. The molecule has 0 spiro atoms. The maximum atomic E-state index is 8.36. The van der Waals surface area contributed by atoms with E-state index in [1.54, 1.807) is 20.8 Å². The minimum Gasteiger partial charge on any atom is -0.400 e. The Labute approximate surface area is 202 Å². The Morgan fingerprint density at radius 2 is 0.781 bits per heavy atom. The van der Waals surface area contributed by atoms with E-state index >= 15 is 0 Å². The summed E-state index contributed by atoms with van der Waals surface area (Å²) in [5, 5.41) is 38.4. The van der Waals surface area contributed by atoms with Gasteiger partial charge < -0.3 is 25.5 Å². The lowest BCUT2D eigenvalue weighted by molar-refractivity contribution is 0.191. The topological polar surface area (TPSA) is 101 Å². The summed E-state index contributed by atoms with van der Waals surface area (Å²) < 4.78 is 0. The summed E-state index contributed by atoms with van der Waals surface area (Å²) in [6.07, 6.45) is 25.1. The fourth-order valence-corrected chi connectivity index (χ4v) is 2.36. The molecule has 0 aliphatic heterocycles. The normalized spacial score (nSPS) is 15.3. The van der Waals surface area contributed by atoms with E-state index < -0.39 is 0 Å². The Morgan fingerprint density at radius 3 is 0.844 bits per heavy atom. The van der Waals surface area contributed by atoms with Crippen molar-refractivity contribution in [2.75, 3.05) is 26.9 Å². The molecule has 0 radical (unpaired) electrons. The van der Waals surface area contributed by atoms with E-state index in [-0.39, 0.29) is 19.3 Å². The number of allylic oxidation sites excluding steroid dienone is 2. The standard InChI is InChI=1S/2C5H10.C5H8.C4H10O.C3H8O.2C2H6O.CH4O/c3*1-2-4-5-3-1;1-3-4(2)5;1-2-3-4;2*1-2-3;1-2/h2*1-5H2;1-2H,3-5H2;4-5H,3H2,1-2H3;4H,2-3H2,1H3;2*3H,2H2,1H3;2H,1H3. The Morgan fingerprint density at radius 1 is 0.594 bits per heavy atom. The van der Waals surface area contributed by atoms with Gasteiger partial charge >= 0.3 is 0 Å². The van der Waals surface area contributed by atoms with Crippen LogP contribution < -0.4 is 0 Å². The Bertz CT molecular complexity index is 215. The van der Waals surface area contributed by atoms with Crippen molar-refractivity contribution in [2.45, 2.75) is 137 Å². The van der Waals surface area contributed by atoms with Crippen LogP contribution >= 0.6 is 0 Å². The summed E-state index contributed by atoms with van der Waals surface area (Å²) >= 11 is 0. The zero-order valence-electron chi connectivity index (χ0n) is 22.7. The van der Waals surface area contributed by atoms with Crippen LogP contribution in [0.5, 0.6) is 0 Å². The molecule has 1 atom stereocenters. The molecule has 2 saturated carbocycles. The van der Waals surface area contributed by atoms with Gasteiger partial charge in [-0.05, 0) is 52.9 Å². The van der Waals surface area contributed by atoms with Crippen molar-refractivity contribution < 1.29 is 25.5 Å². The van der Waals surface area contributed by atoms with Crippen LogP contribution in [0.1, 0.15) is 131 Å². The highest BCUT2D eigenvalue weighted by Crippen LogP contribution is 2.15. The second-order valence-electron chi connectivity index (χ2n) is 7.55. The van der Waals surface area contributed by atoms with Crippen LogP contribution in [0.3, 0.4) is 0 Å².